The number of nitrogens with zero attached hydrogens (tertiary/aromatic N) is 2. The fourth-order valence-corrected chi connectivity index (χ4v) is 3.88. The number of carbonyl (C=O) groups excluding carboxylic acids is 1. The fraction of sp³-hybridized carbons (Fsp3) is 0.154. The Labute approximate surface area is 200 Å². The van der Waals surface area contributed by atoms with E-state index in [4.69, 9.17) is 4.74 Å². The molecule has 0 saturated carbocycles. The van der Waals surface area contributed by atoms with Gasteiger partial charge in [0, 0.05) is 10.0 Å². The molecule has 1 N–H and O–H groups in total. The molecule has 5 nitrogen and oxygen atoms in total. The second-order valence-corrected chi connectivity index (χ2v) is 8.65. The number of nitrogens with one attached hydrogen (secondary N) is 1. The number of carbonyl (C=O) groups is 1. The standard InChI is InChI=1S/C26H23BrFN3O2/c1-17-25(18(2)31(30-17)15-19-9-11-23(28)12-10-19)29-26(32)21-6-3-5-20(13-21)16-33-24-8-4-7-22(27)14-24/h3-14H,15-16H2,1-2H3,(H,29,32). The summed E-state index contributed by atoms with van der Waals surface area (Å²) in [4.78, 5) is 13.0. The number of benzene rings is 3. The van der Waals surface area contributed by atoms with Gasteiger partial charge in [-0.05, 0) is 67.4 Å². The van der Waals surface area contributed by atoms with Gasteiger partial charge in [0.15, 0.2) is 0 Å². The van der Waals surface area contributed by atoms with Crippen molar-refractivity contribution in [3.63, 3.8) is 0 Å². The van der Waals surface area contributed by atoms with Gasteiger partial charge in [-0.25, -0.2) is 4.39 Å². The average molecular weight is 508 g/mol. The van der Waals surface area contributed by atoms with Crippen LogP contribution in [-0.4, -0.2) is 15.7 Å². The van der Waals surface area contributed by atoms with Gasteiger partial charge >= 0.3 is 0 Å². The number of rotatable bonds is 7. The summed E-state index contributed by atoms with van der Waals surface area (Å²) in [6.07, 6.45) is 0. The zero-order chi connectivity index (χ0) is 23.4. The molecule has 0 unspecified atom stereocenters. The Kier molecular flexibility index (Phi) is 6.89. The molecule has 1 amide bonds. The molecule has 4 rings (SSSR count). The highest BCUT2D eigenvalue weighted by Gasteiger charge is 2.16. The molecular formula is C26H23BrFN3O2. The van der Waals surface area contributed by atoms with Crippen LogP contribution >= 0.6 is 15.9 Å². The van der Waals surface area contributed by atoms with Gasteiger partial charge in [0.1, 0.15) is 18.2 Å². The number of hydrogen-bond acceptors (Lipinski definition) is 3. The smallest absolute Gasteiger partial charge is 0.255 e. The number of aromatic nitrogens is 2. The molecule has 168 valence electrons. The Hall–Kier alpha value is -3.45. The van der Waals surface area contributed by atoms with Crippen LogP contribution < -0.4 is 10.1 Å². The summed E-state index contributed by atoms with van der Waals surface area (Å²) in [5, 5.41) is 7.54. The Balaban J connectivity index is 1.45. The second kappa shape index (κ2) is 10.0. The highest BCUT2D eigenvalue weighted by atomic mass is 79.9. The van der Waals surface area contributed by atoms with E-state index in [1.807, 2.05) is 56.3 Å². The minimum Gasteiger partial charge on any atom is -0.489 e. The van der Waals surface area contributed by atoms with Crippen molar-refractivity contribution >= 4 is 27.5 Å². The number of amides is 1. The van der Waals surface area contributed by atoms with E-state index in [1.54, 1.807) is 22.9 Å². The second-order valence-electron chi connectivity index (χ2n) is 7.73. The van der Waals surface area contributed by atoms with E-state index in [2.05, 4.69) is 26.3 Å². The first-order chi connectivity index (χ1) is 15.9. The van der Waals surface area contributed by atoms with Gasteiger partial charge in [-0.1, -0.05) is 46.3 Å². The van der Waals surface area contributed by atoms with Crippen molar-refractivity contribution in [2.24, 2.45) is 0 Å². The van der Waals surface area contributed by atoms with Crippen LogP contribution in [0.3, 0.4) is 0 Å². The van der Waals surface area contributed by atoms with E-state index in [0.717, 1.165) is 32.7 Å². The molecule has 0 aliphatic heterocycles. The summed E-state index contributed by atoms with van der Waals surface area (Å²) in [6.45, 7) is 4.60. The largest absolute Gasteiger partial charge is 0.489 e. The van der Waals surface area contributed by atoms with Crippen LogP contribution in [0.4, 0.5) is 10.1 Å². The molecule has 0 spiro atoms. The fourth-order valence-electron chi connectivity index (χ4n) is 3.51. The SMILES string of the molecule is Cc1nn(Cc2ccc(F)cc2)c(C)c1NC(=O)c1cccc(COc2cccc(Br)c2)c1. The van der Waals surface area contributed by atoms with Crippen LogP contribution in [-0.2, 0) is 13.2 Å². The molecule has 0 fully saturated rings. The van der Waals surface area contributed by atoms with E-state index < -0.39 is 0 Å². The molecule has 4 aromatic rings. The van der Waals surface area contributed by atoms with Crippen LogP contribution in [0, 0.1) is 19.7 Å². The van der Waals surface area contributed by atoms with Crippen LogP contribution in [0.25, 0.3) is 0 Å². The maximum Gasteiger partial charge on any atom is 0.255 e. The normalized spacial score (nSPS) is 10.8. The average Bonchev–Trinajstić information content (AvgIpc) is 3.06. The maximum absolute atomic E-state index is 13.2. The van der Waals surface area contributed by atoms with E-state index in [0.29, 0.717) is 24.4 Å². The van der Waals surface area contributed by atoms with Crippen molar-refractivity contribution in [1.82, 2.24) is 9.78 Å². The van der Waals surface area contributed by atoms with Gasteiger partial charge in [0.25, 0.3) is 5.91 Å². The minimum absolute atomic E-state index is 0.216. The monoisotopic (exact) mass is 507 g/mol. The van der Waals surface area contributed by atoms with Gasteiger partial charge in [0.05, 0.1) is 23.6 Å². The third-order valence-corrected chi connectivity index (χ3v) is 5.75. The molecule has 0 aliphatic carbocycles. The predicted molar refractivity (Wildman–Crippen MR) is 130 cm³/mol. The Bertz CT molecular complexity index is 1290. The number of hydrogen-bond donors (Lipinski definition) is 1. The maximum atomic E-state index is 13.2. The lowest BCUT2D eigenvalue weighted by atomic mass is 10.1. The summed E-state index contributed by atoms with van der Waals surface area (Å²) >= 11 is 3.43. The van der Waals surface area contributed by atoms with Gasteiger partial charge in [0.2, 0.25) is 0 Å². The van der Waals surface area contributed by atoms with Gasteiger partial charge in [-0.15, -0.1) is 0 Å². The highest BCUT2D eigenvalue weighted by Crippen LogP contribution is 2.22. The lowest BCUT2D eigenvalue weighted by molar-refractivity contribution is 0.102. The molecule has 1 aromatic heterocycles. The van der Waals surface area contributed by atoms with Crippen LogP contribution in [0.15, 0.2) is 77.3 Å². The Morgan fingerprint density at radius 1 is 1.03 bits per heavy atom. The first-order valence-corrected chi connectivity index (χ1v) is 11.3. The van der Waals surface area contributed by atoms with E-state index >= 15 is 0 Å². The Morgan fingerprint density at radius 3 is 2.55 bits per heavy atom. The summed E-state index contributed by atoms with van der Waals surface area (Å²) in [7, 11) is 0. The van der Waals surface area contributed by atoms with Crippen molar-refractivity contribution < 1.29 is 13.9 Å². The zero-order valence-corrected chi connectivity index (χ0v) is 19.9. The highest BCUT2D eigenvalue weighted by molar-refractivity contribution is 9.10. The van der Waals surface area contributed by atoms with Gasteiger partial charge in [-0.2, -0.15) is 5.10 Å². The molecule has 0 radical (unpaired) electrons. The molecule has 0 atom stereocenters. The minimum atomic E-state index is -0.274. The molecular weight excluding hydrogens is 485 g/mol. The van der Waals surface area contributed by atoms with Crippen molar-refractivity contribution in [3.8, 4) is 5.75 Å². The number of anilines is 1. The summed E-state index contributed by atoms with van der Waals surface area (Å²) in [6, 6.07) is 21.3. The first kappa shape index (κ1) is 22.7. The quantitative estimate of drug-likeness (QED) is 0.320. The van der Waals surface area contributed by atoms with E-state index in [1.165, 1.54) is 12.1 Å². The summed E-state index contributed by atoms with van der Waals surface area (Å²) in [5.41, 5.74) is 4.59. The molecule has 7 heteroatoms. The third-order valence-electron chi connectivity index (χ3n) is 5.26. The predicted octanol–water partition coefficient (Wildman–Crippen LogP) is 6.28. The zero-order valence-electron chi connectivity index (χ0n) is 18.3. The molecule has 3 aromatic carbocycles. The number of ether oxygens (including phenoxy) is 1. The van der Waals surface area contributed by atoms with E-state index in [9.17, 15) is 9.18 Å². The van der Waals surface area contributed by atoms with Crippen molar-refractivity contribution in [3.05, 3.63) is 111 Å². The van der Waals surface area contributed by atoms with Crippen molar-refractivity contribution in [2.75, 3.05) is 5.32 Å². The number of aryl methyl sites for hydroxylation is 1. The molecule has 0 saturated heterocycles. The van der Waals surface area contributed by atoms with E-state index in [-0.39, 0.29) is 11.7 Å². The molecule has 33 heavy (non-hydrogen) atoms. The van der Waals surface area contributed by atoms with Crippen LogP contribution in [0.2, 0.25) is 0 Å². The molecule has 0 bridgehead atoms. The first-order valence-electron chi connectivity index (χ1n) is 10.5. The van der Waals surface area contributed by atoms with Gasteiger partial charge < -0.3 is 10.1 Å². The Morgan fingerprint density at radius 2 is 1.79 bits per heavy atom. The van der Waals surface area contributed by atoms with Gasteiger partial charge in [-0.3, -0.25) is 9.48 Å². The van der Waals surface area contributed by atoms with Crippen molar-refractivity contribution in [2.45, 2.75) is 27.0 Å². The topological polar surface area (TPSA) is 56.2 Å². The van der Waals surface area contributed by atoms with Crippen LogP contribution in [0.5, 0.6) is 5.75 Å². The molecule has 0 aliphatic rings. The summed E-state index contributed by atoms with van der Waals surface area (Å²) < 4.78 is 21.8. The van der Waals surface area contributed by atoms with Crippen LogP contribution in [0.1, 0.15) is 32.9 Å². The lowest BCUT2D eigenvalue weighted by Gasteiger charge is -2.10. The molecule has 1 heterocycles. The number of halogens is 2. The third kappa shape index (κ3) is 5.68. The lowest BCUT2D eigenvalue weighted by Crippen LogP contribution is -2.14. The summed E-state index contributed by atoms with van der Waals surface area (Å²) in [5.74, 6) is 0.259. The van der Waals surface area contributed by atoms with Crippen molar-refractivity contribution in [1.29, 1.82) is 0 Å².